The molecule has 2 atom stereocenters. The Bertz CT molecular complexity index is 476. The van der Waals surface area contributed by atoms with Crippen LogP contribution in [0.15, 0.2) is 24.3 Å². The highest BCUT2D eigenvalue weighted by atomic mass is 16.5. The van der Waals surface area contributed by atoms with Gasteiger partial charge in [0.15, 0.2) is 0 Å². The van der Waals surface area contributed by atoms with Crippen molar-refractivity contribution < 1.29 is 9.53 Å². The van der Waals surface area contributed by atoms with Crippen LogP contribution in [0.4, 0.5) is 0 Å². The second-order valence-corrected chi connectivity index (χ2v) is 6.05. The number of rotatable bonds is 6. The van der Waals surface area contributed by atoms with Crippen LogP contribution in [0.3, 0.4) is 0 Å². The molecule has 2 aliphatic rings. The SMILES string of the molecule is CCOCc1ccccc1CNC(=O)C1CC2CC2C1. The monoisotopic (exact) mass is 273 g/mol. The van der Waals surface area contributed by atoms with Crippen LogP contribution in [-0.4, -0.2) is 12.5 Å². The zero-order chi connectivity index (χ0) is 13.9. The molecule has 20 heavy (non-hydrogen) atoms. The van der Waals surface area contributed by atoms with Crippen molar-refractivity contribution in [3.63, 3.8) is 0 Å². The third-order valence-electron chi connectivity index (χ3n) is 4.65. The molecule has 0 spiro atoms. The summed E-state index contributed by atoms with van der Waals surface area (Å²) in [6.07, 6.45) is 3.58. The minimum atomic E-state index is 0.239. The van der Waals surface area contributed by atoms with Crippen LogP contribution < -0.4 is 5.32 Å². The van der Waals surface area contributed by atoms with Crippen molar-refractivity contribution >= 4 is 5.91 Å². The molecule has 1 amide bonds. The maximum absolute atomic E-state index is 12.2. The fourth-order valence-corrected chi connectivity index (χ4v) is 3.34. The van der Waals surface area contributed by atoms with E-state index in [1.807, 2.05) is 19.1 Å². The number of hydrogen-bond donors (Lipinski definition) is 1. The van der Waals surface area contributed by atoms with Gasteiger partial charge in [0.2, 0.25) is 5.91 Å². The summed E-state index contributed by atoms with van der Waals surface area (Å²) in [5.41, 5.74) is 2.33. The Labute approximate surface area is 120 Å². The summed E-state index contributed by atoms with van der Waals surface area (Å²) in [5.74, 6) is 2.22. The minimum Gasteiger partial charge on any atom is -0.377 e. The number of fused-ring (bicyclic) bond motifs is 1. The largest absolute Gasteiger partial charge is 0.377 e. The Morgan fingerprint density at radius 2 is 1.90 bits per heavy atom. The Morgan fingerprint density at radius 3 is 2.60 bits per heavy atom. The maximum atomic E-state index is 12.2. The number of carbonyl (C=O) groups is 1. The smallest absolute Gasteiger partial charge is 0.223 e. The summed E-state index contributed by atoms with van der Waals surface area (Å²) in [6, 6.07) is 8.18. The van der Waals surface area contributed by atoms with E-state index in [1.54, 1.807) is 0 Å². The first-order valence-electron chi connectivity index (χ1n) is 7.70. The molecule has 3 heteroatoms. The second kappa shape index (κ2) is 5.96. The highest BCUT2D eigenvalue weighted by Gasteiger charge is 2.47. The third-order valence-corrected chi connectivity index (χ3v) is 4.65. The van der Waals surface area contributed by atoms with Gasteiger partial charge in [-0.15, -0.1) is 0 Å². The molecule has 0 aromatic heterocycles. The number of amides is 1. The number of hydrogen-bond acceptors (Lipinski definition) is 2. The molecule has 0 radical (unpaired) electrons. The first-order chi connectivity index (χ1) is 9.78. The van der Waals surface area contributed by atoms with Gasteiger partial charge in [0.25, 0.3) is 0 Å². The van der Waals surface area contributed by atoms with Gasteiger partial charge in [-0.1, -0.05) is 24.3 Å². The molecule has 2 fully saturated rings. The average molecular weight is 273 g/mol. The van der Waals surface area contributed by atoms with E-state index >= 15 is 0 Å². The van der Waals surface area contributed by atoms with Crippen molar-refractivity contribution in [3.05, 3.63) is 35.4 Å². The molecular weight excluding hydrogens is 250 g/mol. The standard InChI is InChI=1S/C17H23NO2/c1-2-20-11-13-6-4-3-5-12(13)10-18-17(19)16-8-14-7-15(14)9-16/h3-6,14-16H,2,7-11H2,1H3,(H,18,19). The van der Waals surface area contributed by atoms with Crippen LogP contribution in [-0.2, 0) is 22.7 Å². The highest BCUT2D eigenvalue weighted by molar-refractivity contribution is 5.79. The maximum Gasteiger partial charge on any atom is 0.223 e. The molecule has 1 aromatic rings. The van der Waals surface area contributed by atoms with Gasteiger partial charge < -0.3 is 10.1 Å². The van der Waals surface area contributed by atoms with E-state index < -0.39 is 0 Å². The molecule has 0 aliphatic heterocycles. The Morgan fingerprint density at radius 1 is 1.20 bits per heavy atom. The van der Waals surface area contributed by atoms with Gasteiger partial charge in [-0.3, -0.25) is 4.79 Å². The van der Waals surface area contributed by atoms with Crippen molar-refractivity contribution in [2.45, 2.75) is 39.3 Å². The van der Waals surface area contributed by atoms with Crippen LogP contribution in [0.5, 0.6) is 0 Å². The lowest BCUT2D eigenvalue weighted by molar-refractivity contribution is -0.125. The topological polar surface area (TPSA) is 38.3 Å². The van der Waals surface area contributed by atoms with E-state index in [-0.39, 0.29) is 11.8 Å². The summed E-state index contributed by atoms with van der Waals surface area (Å²) in [7, 11) is 0. The Hall–Kier alpha value is -1.35. The normalized spacial score (nSPS) is 27.1. The predicted molar refractivity (Wildman–Crippen MR) is 77.9 cm³/mol. The first kappa shape index (κ1) is 13.6. The zero-order valence-electron chi connectivity index (χ0n) is 12.1. The van der Waals surface area contributed by atoms with Crippen molar-refractivity contribution in [2.24, 2.45) is 17.8 Å². The number of benzene rings is 1. The van der Waals surface area contributed by atoms with Crippen LogP contribution in [0.1, 0.15) is 37.3 Å². The van der Waals surface area contributed by atoms with Gasteiger partial charge in [0, 0.05) is 19.1 Å². The Kier molecular flexibility index (Phi) is 4.06. The van der Waals surface area contributed by atoms with Gasteiger partial charge in [0.1, 0.15) is 0 Å². The van der Waals surface area contributed by atoms with Crippen molar-refractivity contribution in [3.8, 4) is 0 Å². The lowest BCUT2D eigenvalue weighted by Gasteiger charge is -2.14. The van der Waals surface area contributed by atoms with Gasteiger partial charge in [-0.2, -0.15) is 0 Å². The minimum absolute atomic E-state index is 0.239. The molecule has 1 N–H and O–H groups in total. The second-order valence-electron chi connectivity index (χ2n) is 6.05. The summed E-state index contributed by atoms with van der Waals surface area (Å²) in [5, 5.41) is 3.10. The van der Waals surface area contributed by atoms with E-state index in [0.29, 0.717) is 19.8 Å². The van der Waals surface area contributed by atoms with E-state index in [0.717, 1.165) is 30.2 Å². The van der Waals surface area contributed by atoms with Crippen LogP contribution in [0.25, 0.3) is 0 Å². The lowest BCUT2D eigenvalue weighted by atomic mass is 10.0. The third kappa shape index (κ3) is 3.04. The van der Waals surface area contributed by atoms with Crippen LogP contribution in [0.2, 0.25) is 0 Å². The van der Waals surface area contributed by atoms with Crippen molar-refractivity contribution in [2.75, 3.05) is 6.61 Å². The van der Waals surface area contributed by atoms with E-state index in [1.165, 1.54) is 12.0 Å². The van der Waals surface area contributed by atoms with Crippen molar-refractivity contribution in [1.82, 2.24) is 5.32 Å². The Balaban J connectivity index is 1.53. The summed E-state index contributed by atoms with van der Waals surface area (Å²) in [4.78, 5) is 12.2. The van der Waals surface area contributed by atoms with Crippen LogP contribution >= 0.6 is 0 Å². The molecule has 0 bridgehead atoms. The van der Waals surface area contributed by atoms with Crippen molar-refractivity contribution in [1.29, 1.82) is 0 Å². The molecule has 0 saturated heterocycles. The summed E-state index contributed by atoms with van der Waals surface area (Å²) < 4.78 is 5.47. The molecule has 3 rings (SSSR count). The van der Waals surface area contributed by atoms with E-state index in [9.17, 15) is 4.79 Å². The van der Waals surface area contributed by atoms with E-state index in [2.05, 4.69) is 17.4 Å². The fourth-order valence-electron chi connectivity index (χ4n) is 3.34. The van der Waals surface area contributed by atoms with E-state index in [4.69, 9.17) is 4.74 Å². The molecule has 2 aliphatic carbocycles. The molecular formula is C17H23NO2. The highest BCUT2D eigenvalue weighted by Crippen LogP contribution is 2.54. The first-order valence-corrected chi connectivity index (χ1v) is 7.70. The zero-order valence-corrected chi connectivity index (χ0v) is 12.1. The van der Waals surface area contributed by atoms with Gasteiger partial charge in [0.05, 0.1) is 6.61 Å². The van der Waals surface area contributed by atoms with Gasteiger partial charge in [-0.05, 0) is 49.1 Å². The van der Waals surface area contributed by atoms with Crippen LogP contribution in [0, 0.1) is 17.8 Å². The number of nitrogens with one attached hydrogen (secondary N) is 1. The van der Waals surface area contributed by atoms with Gasteiger partial charge >= 0.3 is 0 Å². The summed E-state index contributed by atoms with van der Waals surface area (Å²) >= 11 is 0. The number of ether oxygens (including phenoxy) is 1. The molecule has 108 valence electrons. The van der Waals surface area contributed by atoms with Gasteiger partial charge in [-0.25, -0.2) is 0 Å². The summed E-state index contributed by atoms with van der Waals surface area (Å²) in [6.45, 7) is 3.95. The average Bonchev–Trinajstić information content (AvgIpc) is 3.09. The quantitative estimate of drug-likeness (QED) is 0.865. The fraction of sp³-hybridized carbons (Fsp3) is 0.588. The molecule has 0 heterocycles. The molecule has 3 nitrogen and oxygen atoms in total. The predicted octanol–water partition coefficient (Wildman–Crippen LogP) is 2.89. The molecule has 2 unspecified atom stereocenters. The molecule has 2 saturated carbocycles. The molecule has 1 aromatic carbocycles. The number of carbonyl (C=O) groups excluding carboxylic acids is 1. The lowest BCUT2D eigenvalue weighted by Crippen LogP contribution is -2.29.